The summed E-state index contributed by atoms with van der Waals surface area (Å²) in [7, 11) is 0. The van der Waals surface area contributed by atoms with Crippen LogP contribution < -0.4 is 15.8 Å². The molecule has 106 valence electrons. The number of carbonyl (C=O) groups excluding carboxylic acids is 1. The predicted octanol–water partition coefficient (Wildman–Crippen LogP) is 2.97. The summed E-state index contributed by atoms with van der Waals surface area (Å²) in [5.74, 6) is 0.312. The minimum atomic E-state index is -0.209. The van der Waals surface area contributed by atoms with Crippen LogP contribution in [0.3, 0.4) is 0 Å². The molecule has 0 fully saturated rings. The van der Waals surface area contributed by atoms with Crippen LogP contribution in [0.4, 0.5) is 5.69 Å². The van der Waals surface area contributed by atoms with Crippen molar-refractivity contribution in [2.75, 3.05) is 12.3 Å². The Morgan fingerprint density at radius 2 is 2.20 bits per heavy atom. The third-order valence-electron chi connectivity index (χ3n) is 2.96. The molecule has 1 heterocycles. The Bertz CT molecular complexity index is 608. The van der Waals surface area contributed by atoms with Crippen molar-refractivity contribution in [1.82, 2.24) is 5.32 Å². The van der Waals surface area contributed by atoms with E-state index >= 15 is 0 Å². The molecular formula is C15H18N2O2S. The molecule has 0 atom stereocenters. The highest BCUT2D eigenvalue weighted by atomic mass is 32.1. The van der Waals surface area contributed by atoms with Gasteiger partial charge in [0.2, 0.25) is 0 Å². The summed E-state index contributed by atoms with van der Waals surface area (Å²) < 4.78 is 5.46. The Morgan fingerprint density at radius 3 is 2.85 bits per heavy atom. The number of nitrogen functional groups attached to an aromatic ring is 1. The first-order valence-corrected chi connectivity index (χ1v) is 7.34. The fourth-order valence-corrected chi connectivity index (χ4v) is 2.75. The van der Waals surface area contributed by atoms with Crippen molar-refractivity contribution < 1.29 is 9.53 Å². The Labute approximate surface area is 122 Å². The van der Waals surface area contributed by atoms with E-state index in [0.29, 0.717) is 30.2 Å². The molecule has 1 aromatic carbocycles. The van der Waals surface area contributed by atoms with E-state index in [1.54, 1.807) is 29.5 Å². The van der Waals surface area contributed by atoms with Crippen LogP contribution in [0.2, 0.25) is 0 Å². The van der Waals surface area contributed by atoms with Gasteiger partial charge in [-0.1, -0.05) is 6.07 Å². The van der Waals surface area contributed by atoms with Gasteiger partial charge in [0.25, 0.3) is 5.91 Å². The van der Waals surface area contributed by atoms with Gasteiger partial charge in [-0.05, 0) is 43.0 Å². The molecule has 4 nitrogen and oxygen atoms in total. The van der Waals surface area contributed by atoms with Crippen LogP contribution >= 0.6 is 11.3 Å². The number of rotatable bonds is 5. The van der Waals surface area contributed by atoms with Gasteiger partial charge in [-0.25, -0.2) is 0 Å². The highest BCUT2D eigenvalue weighted by molar-refractivity contribution is 7.10. The normalized spacial score (nSPS) is 10.3. The fraction of sp³-hybridized carbons (Fsp3) is 0.267. The van der Waals surface area contributed by atoms with Gasteiger partial charge in [0.05, 0.1) is 13.2 Å². The zero-order chi connectivity index (χ0) is 14.5. The highest BCUT2D eigenvalue weighted by Crippen LogP contribution is 2.24. The molecule has 2 aromatic rings. The average Bonchev–Trinajstić information content (AvgIpc) is 2.82. The summed E-state index contributed by atoms with van der Waals surface area (Å²) >= 11 is 1.63. The Balaban J connectivity index is 2.15. The number of benzene rings is 1. The molecule has 1 amide bonds. The van der Waals surface area contributed by atoms with Gasteiger partial charge in [0, 0.05) is 10.6 Å². The first kappa shape index (κ1) is 14.4. The first-order chi connectivity index (χ1) is 9.63. The molecule has 3 N–H and O–H groups in total. The van der Waals surface area contributed by atoms with Gasteiger partial charge in [-0.2, -0.15) is 0 Å². The van der Waals surface area contributed by atoms with Gasteiger partial charge in [-0.15, -0.1) is 11.3 Å². The maximum Gasteiger partial charge on any atom is 0.257 e. The molecule has 0 aliphatic heterocycles. The third-order valence-corrected chi connectivity index (χ3v) is 3.99. The Hall–Kier alpha value is -2.01. The lowest BCUT2D eigenvalue weighted by Crippen LogP contribution is -2.24. The highest BCUT2D eigenvalue weighted by Gasteiger charge is 2.16. The van der Waals surface area contributed by atoms with Crippen molar-refractivity contribution in [3.8, 4) is 5.75 Å². The number of carbonyl (C=O) groups is 1. The Kier molecular flexibility index (Phi) is 4.63. The number of aryl methyl sites for hydroxylation is 1. The summed E-state index contributed by atoms with van der Waals surface area (Å²) in [4.78, 5) is 13.4. The molecule has 1 aromatic heterocycles. The smallest absolute Gasteiger partial charge is 0.257 e. The van der Waals surface area contributed by atoms with Crippen LogP contribution in [-0.2, 0) is 6.54 Å². The summed E-state index contributed by atoms with van der Waals surface area (Å²) in [6.07, 6.45) is 0. The second-order valence-corrected chi connectivity index (χ2v) is 5.36. The van der Waals surface area contributed by atoms with Crippen LogP contribution in [-0.4, -0.2) is 12.5 Å². The summed E-state index contributed by atoms with van der Waals surface area (Å²) in [6.45, 7) is 4.90. The van der Waals surface area contributed by atoms with Gasteiger partial charge in [0.15, 0.2) is 0 Å². The molecule has 5 heteroatoms. The molecule has 0 saturated carbocycles. The number of thiophene rings is 1. The second kappa shape index (κ2) is 6.43. The lowest BCUT2D eigenvalue weighted by atomic mass is 10.1. The fourth-order valence-electron chi connectivity index (χ4n) is 1.90. The minimum absolute atomic E-state index is 0.209. The molecular weight excluding hydrogens is 272 g/mol. The van der Waals surface area contributed by atoms with Crippen molar-refractivity contribution in [1.29, 1.82) is 0 Å². The van der Waals surface area contributed by atoms with E-state index in [-0.39, 0.29) is 5.91 Å². The number of hydrogen-bond donors (Lipinski definition) is 2. The predicted molar refractivity (Wildman–Crippen MR) is 82.2 cm³/mol. The molecule has 0 aliphatic carbocycles. The lowest BCUT2D eigenvalue weighted by Gasteiger charge is -2.12. The van der Waals surface area contributed by atoms with Gasteiger partial charge < -0.3 is 15.8 Å². The molecule has 0 unspecified atom stereocenters. The number of nitrogens with two attached hydrogens (primary N) is 1. The lowest BCUT2D eigenvalue weighted by molar-refractivity contribution is 0.0948. The summed E-state index contributed by atoms with van der Waals surface area (Å²) in [5.41, 5.74) is 7.91. The maximum atomic E-state index is 12.3. The van der Waals surface area contributed by atoms with Crippen LogP contribution in [0.25, 0.3) is 0 Å². The third kappa shape index (κ3) is 3.11. The Morgan fingerprint density at radius 1 is 1.40 bits per heavy atom. The van der Waals surface area contributed by atoms with Crippen molar-refractivity contribution >= 4 is 22.9 Å². The minimum Gasteiger partial charge on any atom is -0.493 e. The molecule has 0 saturated heterocycles. The van der Waals surface area contributed by atoms with E-state index in [0.717, 1.165) is 4.88 Å². The van der Waals surface area contributed by atoms with E-state index in [9.17, 15) is 4.79 Å². The standard InChI is InChI=1S/C15H18N2O2S/c1-3-19-12-6-4-5-11(16)14(12)15(18)17-9-13-10(2)7-8-20-13/h4-8H,3,9,16H2,1-2H3,(H,17,18). The molecule has 0 radical (unpaired) electrons. The molecule has 0 spiro atoms. The molecule has 0 aliphatic rings. The van der Waals surface area contributed by atoms with Gasteiger partial charge in [-0.3, -0.25) is 4.79 Å². The van der Waals surface area contributed by atoms with Gasteiger partial charge >= 0.3 is 0 Å². The molecule has 20 heavy (non-hydrogen) atoms. The number of nitrogens with one attached hydrogen (secondary N) is 1. The van der Waals surface area contributed by atoms with E-state index in [2.05, 4.69) is 5.32 Å². The van der Waals surface area contributed by atoms with Crippen LogP contribution in [0, 0.1) is 6.92 Å². The number of ether oxygens (including phenoxy) is 1. The zero-order valence-electron chi connectivity index (χ0n) is 11.6. The van der Waals surface area contributed by atoms with Crippen LogP contribution in [0.15, 0.2) is 29.6 Å². The first-order valence-electron chi connectivity index (χ1n) is 6.46. The number of anilines is 1. The zero-order valence-corrected chi connectivity index (χ0v) is 12.4. The van der Waals surface area contributed by atoms with Gasteiger partial charge in [0.1, 0.15) is 11.3 Å². The van der Waals surface area contributed by atoms with Crippen molar-refractivity contribution in [2.45, 2.75) is 20.4 Å². The number of hydrogen-bond acceptors (Lipinski definition) is 4. The molecule has 0 bridgehead atoms. The van der Waals surface area contributed by atoms with Crippen molar-refractivity contribution in [3.05, 3.63) is 45.6 Å². The topological polar surface area (TPSA) is 64.3 Å². The quantitative estimate of drug-likeness (QED) is 0.832. The van der Waals surface area contributed by atoms with Crippen LogP contribution in [0.5, 0.6) is 5.75 Å². The summed E-state index contributed by atoms with van der Waals surface area (Å²) in [6, 6.07) is 7.27. The summed E-state index contributed by atoms with van der Waals surface area (Å²) in [5, 5.41) is 4.91. The SMILES string of the molecule is CCOc1cccc(N)c1C(=O)NCc1sccc1C. The van der Waals surface area contributed by atoms with Crippen LogP contribution in [0.1, 0.15) is 27.7 Å². The van der Waals surface area contributed by atoms with E-state index < -0.39 is 0 Å². The second-order valence-electron chi connectivity index (χ2n) is 4.36. The van der Waals surface area contributed by atoms with Crippen molar-refractivity contribution in [3.63, 3.8) is 0 Å². The van der Waals surface area contributed by atoms with E-state index in [4.69, 9.17) is 10.5 Å². The monoisotopic (exact) mass is 290 g/mol. The van der Waals surface area contributed by atoms with E-state index in [1.807, 2.05) is 25.3 Å². The average molecular weight is 290 g/mol. The van der Waals surface area contributed by atoms with Crippen molar-refractivity contribution in [2.24, 2.45) is 0 Å². The number of amides is 1. The molecule has 2 rings (SSSR count). The largest absolute Gasteiger partial charge is 0.493 e. The van der Waals surface area contributed by atoms with E-state index in [1.165, 1.54) is 5.56 Å². The maximum absolute atomic E-state index is 12.3.